The van der Waals surface area contributed by atoms with Crippen molar-refractivity contribution < 1.29 is 8.42 Å². The van der Waals surface area contributed by atoms with Gasteiger partial charge in [0.25, 0.3) is 0 Å². The predicted molar refractivity (Wildman–Crippen MR) is 108 cm³/mol. The average Bonchev–Trinajstić information content (AvgIpc) is 3.38. The van der Waals surface area contributed by atoms with Crippen LogP contribution in [0.25, 0.3) is 0 Å². The summed E-state index contributed by atoms with van der Waals surface area (Å²) in [5.74, 6) is 0.606. The second kappa shape index (κ2) is 6.83. The smallest absolute Gasteiger partial charge is 0.243 e. The third-order valence-corrected chi connectivity index (χ3v) is 8.28. The van der Waals surface area contributed by atoms with Crippen molar-refractivity contribution in [3.63, 3.8) is 0 Å². The maximum Gasteiger partial charge on any atom is 0.243 e. The topological polar surface area (TPSA) is 66.4 Å². The highest BCUT2D eigenvalue weighted by Gasteiger charge is 2.32. The van der Waals surface area contributed by atoms with Crippen molar-refractivity contribution in [3.05, 3.63) is 34.8 Å². The summed E-state index contributed by atoms with van der Waals surface area (Å²) in [5, 5.41) is 10.6. The minimum atomic E-state index is -3.45. The summed E-state index contributed by atoms with van der Waals surface area (Å²) in [4.78, 5) is 2.52. The Hall–Kier alpha value is -1.51. The first kappa shape index (κ1) is 18.8. The van der Waals surface area contributed by atoms with Crippen molar-refractivity contribution in [2.45, 2.75) is 49.8 Å². The molecule has 1 aromatic heterocycles. The van der Waals surface area contributed by atoms with Gasteiger partial charge in [-0.15, -0.1) is 10.2 Å². The van der Waals surface area contributed by atoms with E-state index in [1.54, 1.807) is 27.8 Å². The van der Waals surface area contributed by atoms with Crippen molar-refractivity contribution in [1.29, 1.82) is 0 Å². The van der Waals surface area contributed by atoms with Crippen LogP contribution in [0.5, 0.6) is 0 Å². The normalized spacial score (nSPS) is 19.4. The Bertz CT molecular complexity index is 904. The van der Waals surface area contributed by atoms with Gasteiger partial charge in [0.2, 0.25) is 15.2 Å². The molecule has 6 nitrogen and oxygen atoms in total. The van der Waals surface area contributed by atoms with Crippen molar-refractivity contribution in [2.24, 2.45) is 0 Å². The number of piperazine rings is 1. The number of sulfonamides is 1. The second-order valence-electron chi connectivity index (χ2n) is 8.36. The van der Waals surface area contributed by atoms with E-state index in [1.807, 2.05) is 12.1 Å². The molecule has 1 saturated carbocycles. The van der Waals surface area contributed by atoms with E-state index in [2.05, 4.69) is 35.9 Å². The van der Waals surface area contributed by atoms with E-state index in [0.717, 1.165) is 15.7 Å². The number of benzene rings is 1. The van der Waals surface area contributed by atoms with E-state index in [4.69, 9.17) is 0 Å². The summed E-state index contributed by atoms with van der Waals surface area (Å²) in [6.45, 7) is 8.62. The van der Waals surface area contributed by atoms with Gasteiger partial charge in [-0.1, -0.05) is 44.2 Å². The van der Waals surface area contributed by atoms with E-state index in [9.17, 15) is 8.42 Å². The predicted octanol–water partition coefficient (Wildman–Crippen LogP) is 3.22. The van der Waals surface area contributed by atoms with Gasteiger partial charge in [-0.2, -0.15) is 4.31 Å². The molecule has 2 heterocycles. The molecule has 1 aliphatic carbocycles. The zero-order valence-electron chi connectivity index (χ0n) is 16.1. The van der Waals surface area contributed by atoms with Gasteiger partial charge in [0.05, 0.1) is 4.90 Å². The van der Waals surface area contributed by atoms with Crippen LogP contribution in [0.3, 0.4) is 0 Å². The number of aromatic nitrogens is 2. The van der Waals surface area contributed by atoms with Crippen molar-refractivity contribution in [1.82, 2.24) is 14.5 Å². The Balaban J connectivity index is 1.43. The maximum atomic E-state index is 13.0. The van der Waals surface area contributed by atoms with Crippen molar-refractivity contribution in [2.75, 3.05) is 31.1 Å². The van der Waals surface area contributed by atoms with Crippen LogP contribution in [0.4, 0.5) is 5.13 Å². The molecule has 0 bridgehead atoms. The van der Waals surface area contributed by atoms with Crippen LogP contribution in [0.1, 0.15) is 50.1 Å². The largest absolute Gasteiger partial charge is 0.344 e. The van der Waals surface area contributed by atoms with Crippen LogP contribution < -0.4 is 4.90 Å². The monoisotopic (exact) mass is 406 g/mol. The average molecular weight is 407 g/mol. The molecule has 8 heteroatoms. The second-order valence-corrected chi connectivity index (χ2v) is 11.3. The molecule has 2 aromatic rings. The van der Waals surface area contributed by atoms with Crippen LogP contribution >= 0.6 is 11.3 Å². The quantitative estimate of drug-likeness (QED) is 0.780. The van der Waals surface area contributed by atoms with E-state index in [0.29, 0.717) is 37.0 Å². The Morgan fingerprint density at radius 1 is 1.00 bits per heavy atom. The summed E-state index contributed by atoms with van der Waals surface area (Å²) < 4.78 is 27.5. The van der Waals surface area contributed by atoms with Gasteiger partial charge in [0.1, 0.15) is 5.01 Å². The fourth-order valence-electron chi connectivity index (χ4n) is 3.25. The molecule has 1 saturated heterocycles. The van der Waals surface area contributed by atoms with E-state index < -0.39 is 10.0 Å². The lowest BCUT2D eigenvalue weighted by atomic mass is 9.87. The lowest BCUT2D eigenvalue weighted by Gasteiger charge is -2.33. The molecule has 0 spiro atoms. The van der Waals surface area contributed by atoms with Crippen LogP contribution in [0, 0.1) is 0 Å². The Kier molecular flexibility index (Phi) is 4.76. The van der Waals surface area contributed by atoms with E-state index in [1.165, 1.54) is 12.8 Å². The van der Waals surface area contributed by atoms with Gasteiger partial charge >= 0.3 is 0 Å². The highest BCUT2D eigenvalue weighted by molar-refractivity contribution is 7.89. The zero-order valence-corrected chi connectivity index (χ0v) is 17.7. The fourth-order valence-corrected chi connectivity index (χ4v) is 5.73. The summed E-state index contributed by atoms with van der Waals surface area (Å²) in [7, 11) is -3.45. The molecule has 0 N–H and O–H groups in total. The summed E-state index contributed by atoms with van der Waals surface area (Å²) in [6, 6.07) is 7.30. The number of rotatable bonds is 4. The first-order valence-corrected chi connectivity index (χ1v) is 11.7. The number of hydrogen-bond donors (Lipinski definition) is 0. The molecule has 1 aliphatic heterocycles. The fraction of sp³-hybridized carbons (Fsp3) is 0.579. The lowest BCUT2D eigenvalue weighted by Crippen LogP contribution is -2.48. The molecule has 0 unspecified atom stereocenters. The highest BCUT2D eigenvalue weighted by atomic mass is 32.2. The van der Waals surface area contributed by atoms with Crippen LogP contribution in [0.15, 0.2) is 29.2 Å². The van der Waals surface area contributed by atoms with Gasteiger partial charge in [0.15, 0.2) is 0 Å². The molecule has 146 valence electrons. The molecule has 0 radical (unpaired) electrons. The van der Waals surface area contributed by atoms with E-state index >= 15 is 0 Å². The molecule has 4 rings (SSSR count). The Morgan fingerprint density at radius 2 is 1.63 bits per heavy atom. The third kappa shape index (κ3) is 3.88. The minimum absolute atomic E-state index is 0.00891. The molecule has 1 aromatic carbocycles. The van der Waals surface area contributed by atoms with Crippen molar-refractivity contribution >= 4 is 26.5 Å². The van der Waals surface area contributed by atoms with E-state index in [-0.39, 0.29) is 5.41 Å². The third-order valence-electron chi connectivity index (χ3n) is 5.22. The molecule has 0 amide bonds. The number of nitrogens with zero attached hydrogens (tertiary/aromatic N) is 4. The minimum Gasteiger partial charge on any atom is -0.344 e. The first-order chi connectivity index (χ1) is 12.7. The summed E-state index contributed by atoms with van der Waals surface area (Å²) >= 11 is 1.65. The SMILES string of the molecule is CC(C)(C)c1ccc(S(=O)(=O)N2CCN(c3nnc(C4CC4)s3)CC2)cc1. The van der Waals surface area contributed by atoms with Crippen LogP contribution in [-0.2, 0) is 15.4 Å². The van der Waals surface area contributed by atoms with Gasteiger partial charge < -0.3 is 4.90 Å². The number of anilines is 1. The Labute approximate surface area is 165 Å². The molecule has 2 fully saturated rings. The van der Waals surface area contributed by atoms with Crippen LogP contribution in [0.2, 0.25) is 0 Å². The molecule has 0 atom stereocenters. The molecule has 27 heavy (non-hydrogen) atoms. The lowest BCUT2D eigenvalue weighted by molar-refractivity contribution is 0.384. The highest BCUT2D eigenvalue weighted by Crippen LogP contribution is 2.42. The maximum absolute atomic E-state index is 13.0. The Morgan fingerprint density at radius 3 is 2.19 bits per heavy atom. The summed E-state index contributed by atoms with van der Waals surface area (Å²) in [5.41, 5.74) is 1.14. The number of hydrogen-bond acceptors (Lipinski definition) is 6. The van der Waals surface area contributed by atoms with Gasteiger partial charge in [0, 0.05) is 32.1 Å². The zero-order chi connectivity index (χ0) is 19.2. The van der Waals surface area contributed by atoms with Gasteiger partial charge in [-0.05, 0) is 36.0 Å². The van der Waals surface area contributed by atoms with Gasteiger partial charge in [-0.3, -0.25) is 0 Å². The molecule has 2 aliphatic rings. The van der Waals surface area contributed by atoms with Gasteiger partial charge in [-0.25, -0.2) is 8.42 Å². The molecular weight excluding hydrogens is 380 g/mol. The first-order valence-electron chi connectivity index (χ1n) is 9.44. The van der Waals surface area contributed by atoms with Crippen LogP contribution in [-0.4, -0.2) is 49.1 Å². The standard InChI is InChI=1S/C19H26N4O2S2/c1-19(2,3)15-6-8-16(9-7-15)27(24,25)23-12-10-22(11-13-23)18-21-20-17(26-18)14-4-5-14/h6-9,14H,4-5,10-13H2,1-3H3. The van der Waals surface area contributed by atoms with Crippen molar-refractivity contribution in [3.8, 4) is 0 Å². The molecular formula is C19H26N4O2S2. The summed E-state index contributed by atoms with van der Waals surface area (Å²) in [6.07, 6.45) is 2.43.